The van der Waals surface area contributed by atoms with E-state index in [0.29, 0.717) is 17.7 Å². The van der Waals surface area contributed by atoms with Gasteiger partial charge in [0.15, 0.2) is 6.10 Å². The van der Waals surface area contributed by atoms with Crippen LogP contribution in [0.25, 0.3) is 11.1 Å². The van der Waals surface area contributed by atoms with E-state index in [0.717, 1.165) is 11.1 Å². The van der Waals surface area contributed by atoms with Gasteiger partial charge in [-0.2, -0.15) is 5.26 Å². The molecule has 3 amide bonds. The molecular formula is C30H35FN4O6. The average molecular weight is 567 g/mol. The molecule has 2 aromatic carbocycles. The topological polar surface area (TPSA) is 121 Å². The summed E-state index contributed by atoms with van der Waals surface area (Å²) in [5.41, 5.74) is 2.47. The van der Waals surface area contributed by atoms with Gasteiger partial charge >= 0.3 is 6.09 Å². The summed E-state index contributed by atoms with van der Waals surface area (Å²) in [6.07, 6.45) is -2.21. The number of amides is 3. The third kappa shape index (κ3) is 7.20. The van der Waals surface area contributed by atoms with Crippen LogP contribution in [0.5, 0.6) is 0 Å². The Kier molecular flexibility index (Phi) is 8.95. The van der Waals surface area contributed by atoms with Gasteiger partial charge in [0.05, 0.1) is 31.9 Å². The fourth-order valence-electron chi connectivity index (χ4n) is 4.78. The van der Waals surface area contributed by atoms with Crippen LogP contribution >= 0.6 is 0 Å². The fraction of sp³-hybridized carbons (Fsp3) is 0.467. The van der Waals surface area contributed by atoms with Crippen LogP contribution in [-0.4, -0.2) is 85.4 Å². The highest BCUT2D eigenvalue weighted by molar-refractivity contribution is 5.98. The Labute approximate surface area is 238 Å². The van der Waals surface area contributed by atoms with Gasteiger partial charge in [0.2, 0.25) is 0 Å². The molecular weight excluding hydrogens is 531 g/mol. The van der Waals surface area contributed by atoms with Crippen LogP contribution < -0.4 is 5.32 Å². The lowest BCUT2D eigenvalue weighted by molar-refractivity contribution is -0.134. The smallest absolute Gasteiger partial charge is 0.410 e. The number of benzene rings is 2. The summed E-state index contributed by atoms with van der Waals surface area (Å²) >= 11 is 0. The summed E-state index contributed by atoms with van der Waals surface area (Å²) in [5.74, 6) is -1.16. The summed E-state index contributed by atoms with van der Waals surface area (Å²) < 4.78 is 31.7. The molecule has 218 valence electrons. The van der Waals surface area contributed by atoms with Crippen LogP contribution in [-0.2, 0) is 32.0 Å². The average Bonchev–Trinajstić information content (AvgIpc) is 3.07. The highest BCUT2D eigenvalue weighted by Crippen LogP contribution is 2.29. The Morgan fingerprint density at radius 1 is 1.20 bits per heavy atom. The van der Waals surface area contributed by atoms with Gasteiger partial charge in [-0.3, -0.25) is 9.59 Å². The van der Waals surface area contributed by atoms with E-state index in [1.807, 2.05) is 12.1 Å². The molecule has 0 saturated carbocycles. The van der Waals surface area contributed by atoms with Crippen molar-refractivity contribution < 1.29 is 33.0 Å². The molecule has 2 aromatic rings. The minimum atomic E-state index is -1.07. The predicted molar refractivity (Wildman–Crippen MR) is 147 cm³/mol. The Hall–Kier alpha value is -4.01. The summed E-state index contributed by atoms with van der Waals surface area (Å²) in [7, 11) is 3.22. The molecule has 2 aliphatic rings. The molecule has 3 atom stereocenters. The minimum Gasteiger partial charge on any atom is -0.444 e. The first-order valence-corrected chi connectivity index (χ1v) is 13.4. The second kappa shape index (κ2) is 12.2. The van der Waals surface area contributed by atoms with E-state index in [9.17, 15) is 19.6 Å². The Morgan fingerprint density at radius 3 is 2.56 bits per heavy atom. The van der Waals surface area contributed by atoms with Crippen molar-refractivity contribution in [2.75, 3.05) is 33.9 Å². The van der Waals surface area contributed by atoms with E-state index in [2.05, 4.69) is 5.32 Å². The van der Waals surface area contributed by atoms with Crippen molar-refractivity contribution in [2.45, 2.75) is 57.6 Å². The van der Waals surface area contributed by atoms with Crippen LogP contribution in [0.3, 0.4) is 0 Å². The number of halogens is 1. The van der Waals surface area contributed by atoms with E-state index >= 15 is 4.39 Å². The number of ether oxygens (including phenoxy) is 3. The van der Waals surface area contributed by atoms with Crippen molar-refractivity contribution in [3.8, 4) is 17.2 Å². The number of rotatable bonds is 6. The van der Waals surface area contributed by atoms with Gasteiger partial charge in [-0.25, -0.2) is 9.18 Å². The number of fused-ring (bicyclic) bond motifs is 1. The van der Waals surface area contributed by atoms with Crippen LogP contribution in [0.15, 0.2) is 36.4 Å². The minimum absolute atomic E-state index is 0.0389. The summed E-state index contributed by atoms with van der Waals surface area (Å²) in [5, 5.41) is 12.3. The van der Waals surface area contributed by atoms with Gasteiger partial charge in [-0.1, -0.05) is 18.2 Å². The highest BCUT2D eigenvalue weighted by Gasteiger charge is 2.34. The predicted octanol–water partition coefficient (Wildman–Crippen LogP) is 3.28. The molecule has 0 bridgehead atoms. The number of nitrogens with one attached hydrogen (secondary N) is 1. The fourth-order valence-corrected chi connectivity index (χ4v) is 4.78. The first-order chi connectivity index (χ1) is 19.4. The number of carbonyl (C=O) groups is 3. The molecule has 41 heavy (non-hydrogen) atoms. The number of nitrogens with zero attached hydrogens (tertiary/aromatic N) is 3. The number of hydrogen-bond acceptors (Lipinski definition) is 7. The molecule has 4 rings (SSSR count). The molecule has 10 nitrogen and oxygen atoms in total. The van der Waals surface area contributed by atoms with E-state index in [-0.39, 0.29) is 37.6 Å². The van der Waals surface area contributed by atoms with Gasteiger partial charge in [0, 0.05) is 32.7 Å². The van der Waals surface area contributed by atoms with Crippen molar-refractivity contribution in [1.82, 2.24) is 15.1 Å². The molecule has 2 heterocycles. The molecule has 1 saturated heterocycles. The van der Waals surface area contributed by atoms with Gasteiger partial charge in [-0.05, 0) is 61.2 Å². The number of hydrogen-bond donors (Lipinski definition) is 1. The highest BCUT2D eigenvalue weighted by atomic mass is 19.1. The largest absolute Gasteiger partial charge is 0.444 e. The number of methoxy groups -OCH3 is 1. The maximum absolute atomic E-state index is 15.2. The molecule has 11 heteroatoms. The van der Waals surface area contributed by atoms with Crippen molar-refractivity contribution in [1.29, 1.82) is 5.26 Å². The zero-order valence-electron chi connectivity index (χ0n) is 23.9. The zero-order valence-corrected chi connectivity index (χ0v) is 23.9. The maximum Gasteiger partial charge on any atom is 0.410 e. The molecule has 1 N–H and O–H groups in total. The Balaban J connectivity index is 1.43. The lowest BCUT2D eigenvalue weighted by Gasteiger charge is -2.28. The number of nitriles is 1. The second-order valence-corrected chi connectivity index (χ2v) is 11.3. The molecule has 0 spiro atoms. The summed E-state index contributed by atoms with van der Waals surface area (Å²) in [6, 6.07) is 11.1. The lowest BCUT2D eigenvalue weighted by Crippen LogP contribution is -2.49. The third-order valence-electron chi connectivity index (χ3n) is 6.94. The standard InChI is InChI=1S/C30H35FN4O6/c1-30(2,3)41-29(38)35-15-23(39-5)17-40-26(16-35)27(36)33-22(13-32)11-20-7-6-19(12-25(20)31)18-8-9-24-21(10-18)14-34(4)28(24)37/h6-10,12,22-23,26H,11,14-17H2,1-5H3,(H,33,36)/t22?,23-,26+/m1/s1. The molecule has 1 fully saturated rings. The lowest BCUT2D eigenvalue weighted by atomic mass is 9.97. The van der Waals surface area contributed by atoms with E-state index < -0.39 is 41.7 Å². The van der Waals surface area contributed by atoms with Crippen molar-refractivity contribution in [2.24, 2.45) is 0 Å². The van der Waals surface area contributed by atoms with Gasteiger partial charge < -0.3 is 29.3 Å². The van der Waals surface area contributed by atoms with Gasteiger partial charge in [0.25, 0.3) is 11.8 Å². The first kappa shape index (κ1) is 30.0. The summed E-state index contributed by atoms with van der Waals surface area (Å²) in [4.78, 5) is 41.0. The first-order valence-electron chi connectivity index (χ1n) is 13.4. The van der Waals surface area contributed by atoms with Gasteiger partial charge in [0.1, 0.15) is 17.5 Å². The van der Waals surface area contributed by atoms with Crippen molar-refractivity contribution in [3.05, 3.63) is 58.9 Å². The molecule has 1 unspecified atom stereocenters. The summed E-state index contributed by atoms with van der Waals surface area (Å²) in [6.45, 7) is 5.87. The van der Waals surface area contributed by atoms with Crippen LogP contribution in [0, 0.1) is 17.1 Å². The molecule has 2 aliphatic heterocycles. The Bertz CT molecular complexity index is 1370. The second-order valence-electron chi connectivity index (χ2n) is 11.3. The monoisotopic (exact) mass is 566 g/mol. The van der Waals surface area contributed by atoms with E-state index in [1.165, 1.54) is 18.1 Å². The van der Waals surface area contributed by atoms with E-state index in [4.69, 9.17) is 14.2 Å². The molecule has 0 aromatic heterocycles. The Morgan fingerprint density at radius 2 is 1.90 bits per heavy atom. The SMILES string of the molecule is CO[C@H]1CO[C@H](C(=O)NC(C#N)Cc2ccc(-c3ccc4c(c3)CN(C)C4=O)cc2F)CN(C(=O)OC(C)(C)C)C1. The quantitative estimate of drug-likeness (QED) is 0.570. The number of carbonyl (C=O) groups excluding carboxylic acids is 3. The normalized spacial score (nSPS) is 19.7. The van der Waals surface area contributed by atoms with Crippen LogP contribution in [0.1, 0.15) is 42.3 Å². The molecule has 0 radical (unpaired) electrons. The zero-order chi connectivity index (χ0) is 29.9. The van der Waals surface area contributed by atoms with Gasteiger partial charge in [-0.15, -0.1) is 0 Å². The maximum atomic E-state index is 15.2. The van der Waals surface area contributed by atoms with Crippen molar-refractivity contribution in [3.63, 3.8) is 0 Å². The third-order valence-corrected chi connectivity index (χ3v) is 6.94. The van der Waals surface area contributed by atoms with Crippen LogP contribution in [0.2, 0.25) is 0 Å². The van der Waals surface area contributed by atoms with E-state index in [1.54, 1.807) is 57.0 Å². The van der Waals surface area contributed by atoms with Crippen LogP contribution in [0.4, 0.5) is 9.18 Å². The van der Waals surface area contributed by atoms with Crippen molar-refractivity contribution >= 4 is 17.9 Å². The molecule has 0 aliphatic carbocycles.